The fourth-order valence-corrected chi connectivity index (χ4v) is 2.97. The van der Waals surface area contributed by atoms with Crippen molar-refractivity contribution < 1.29 is 4.79 Å². The third-order valence-electron chi connectivity index (χ3n) is 4.50. The molecular formula is C20H23N5O. The van der Waals surface area contributed by atoms with E-state index in [0.29, 0.717) is 17.9 Å². The first-order valence-corrected chi connectivity index (χ1v) is 8.69. The average Bonchev–Trinajstić information content (AvgIpc) is 3.00. The number of rotatable bonds is 6. The first-order chi connectivity index (χ1) is 12.6. The smallest absolute Gasteiger partial charge is 0.253 e. The van der Waals surface area contributed by atoms with Crippen molar-refractivity contribution in [3.63, 3.8) is 0 Å². The minimum atomic E-state index is 0.0196. The summed E-state index contributed by atoms with van der Waals surface area (Å²) in [6, 6.07) is 9.20. The number of aryl methyl sites for hydroxylation is 2. The molecule has 1 amide bonds. The largest absolute Gasteiger partial charge is 0.342 e. The fourth-order valence-electron chi connectivity index (χ4n) is 2.97. The Morgan fingerprint density at radius 3 is 2.42 bits per heavy atom. The zero-order valence-electron chi connectivity index (χ0n) is 15.4. The molecule has 0 radical (unpaired) electrons. The van der Waals surface area contributed by atoms with Gasteiger partial charge in [0, 0.05) is 42.8 Å². The van der Waals surface area contributed by atoms with Gasteiger partial charge in [0.2, 0.25) is 0 Å². The van der Waals surface area contributed by atoms with Gasteiger partial charge < -0.3 is 4.90 Å². The lowest BCUT2D eigenvalue weighted by molar-refractivity contribution is 0.0793. The van der Waals surface area contributed by atoms with Crippen LogP contribution in [-0.4, -0.2) is 44.6 Å². The lowest BCUT2D eigenvalue weighted by Crippen LogP contribution is -2.28. The number of amides is 1. The number of H-pyrrole nitrogens is 1. The van der Waals surface area contributed by atoms with Crippen LogP contribution in [0.15, 0.2) is 42.7 Å². The van der Waals surface area contributed by atoms with Crippen LogP contribution in [0, 0.1) is 13.8 Å². The Morgan fingerprint density at radius 2 is 1.81 bits per heavy atom. The lowest BCUT2D eigenvalue weighted by atomic mass is 10.1. The van der Waals surface area contributed by atoms with Crippen molar-refractivity contribution in [2.45, 2.75) is 26.7 Å². The first kappa shape index (κ1) is 17.8. The molecule has 6 nitrogen and oxygen atoms in total. The summed E-state index contributed by atoms with van der Waals surface area (Å²) in [5, 5.41) is 7.22. The Morgan fingerprint density at radius 1 is 1.12 bits per heavy atom. The van der Waals surface area contributed by atoms with Gasteiger partial charge in [-0.25, -0.2) is 9.97 Å². The van der Waals surface area contributed by atoms with Crippen LogP contribution in [0.3, 0.4) is 0 Å². The molecule has 2 aromatic heterocycles. The third-order valence-corrected chi connectivity index (χ3v) is 4.50. The van der Waals surface area contributed by atoms with Gasteiger partial charge in [0.25, 0.3) is 5.91 Å². The van der Waals surface area contributed by atoms with Gasteiger partial charge in [-0.15, -0.1) is 0 Å². The van der Waals surface area contributed by atoms with E-state index in [1.807, 2.05) is 45.2 Å². The Bertz CT molecular complexity index is 851. The highest BCUT2D eigenvalue weighted by Crippen LogP contribution is 2.16. The van der Waals surface area contributed by atoms with Crippen molar-refractivity contribution in [3.05, 3.63) is 65.2 Å². The molecule has 0 aliphatic heterocycles. The molecule has 26 heavy (non-hydrogen) atoms. The zero-order valence-corrected chi connectivity index (χ0v) is 15.4. The number of aromatic nitrogens is 4. The molecule has 2 heterocycles. The van der Waals surface area contributed by atoms with Gasteiger partial charge in [-0.05, 0) is 50.5 Å². The van der Waals surface area contributed by atoms with Crippen LogP contribution in [0.4, 0.5) is 0 Å². The third kappa shape index (κ3) is 3.96. The predicted molar refractivity (Wildman–Crippen MR) is 101 cm³/mol. The second kappa shape index (κ2) is 7.91. The van der Waals surface area contributed by atoms with Gasteiger partial charge in [-0.1, -0.05) is 12.1 Å². The molecule has 134 valence electrons. The van der Waals surface area contributed by atoms with E-state index in [9.17, 15) is 4.79 Å². The molecule has 6 heteroatoms. The summed E-state index contributed by atoms with van der Waals surface area (Å²) in [5.74, 6) is 0.678. The Labute approximate surface area is 153 Å². The molecule has 0 aliphatic rings. The summed E-state index contributed by atoms with van der Waals surface area (Å²) >= 11 is 0. The number of carbonyl (C=O) groups excluding carboxylic acids is 1. The van der Waals surface area contributed by atoms with Crippen molar-refractivity contribution in [1.82, 2.24) is 25.1 Å². The average molecular weight is 349 g/mol. The normalized spacial score (nSPS) is 10.7. The summed E-state index contributed by atoms with van der Waals surface area (Å²) in [5.41, 5.74) is 4.96. The monoisotopic (exact) mass is 349 g/mol. The van der Waals surface area contributed by atoms with E-state index in [4.69, 9.17) is 0 Å². The molecule has 3 rings (SSSR count). The maximum Gasteiger partial charge on any atom is 0.253 e. The summed E-state index contributed by atoms with van der Waals surface area (Å²) < 4.78 is 0. The molecule has 0 unspecified atom stereocenters. The number of nitrogens with one attached hydrogen (secondary N) is 1. The Kier molecular flexibility index (Phi) is 5.41. The molecule has 3 aromatic rings. The van der Waals surface area contributed by atoms with Crippen molar-refractivity contribution in [3.8, 4) is 11.4 Å². The van der Waals surface area contributed by atoms with Crippen molar-refractivity contribution in [2.75, 3.05) is 13.6 Å². The topological polar surface area (TPSA) is 74.8 Å². The van der Waals surface area contributed by atoms with Gasteiger partial charge in [-0.2, -0.15) is 5.10 Å². The minimum absolute atomic E-state index is 0.0196. The van der Waals surface area contributed by atoms with Crippen molar-refractivity contribution >= 4 is 5.91 Å². The molecular weight excluding hydrogens is 326 g/mol. The molecule has 0 bridgehead atoms. The Hall–Kier alpha value is -3.02. The van der Waals surface area contributed by atoms with Gasteiger partial charge in [0.1, 0.15) is 0 Å². The van der Waals surface area contributed by atoms with Gasteiger partial charge in [0.15, 0.2) is 5.82 Å². The van der Waals surface area contributed by atoms with E-state index in [1.54, 1.807) is 23.4 Å². The fraction of sp³-hybridized carbons (Fsp3) is 0.300. The number of nitrogens with zero attached hydrogens (tertiary/aromatic N) is 4. The van der Waals surface area contributed by atoms with Crippen LogP contribution >= 0.6 is 0 Å². The zero-order chi connectivity index (χ0) is 18.5. The van der Waals surface area contributed by atoms with Crippen molar-refractivity contribution in [1.29, 1.82) is 0 Å². The number of aromatic amines is 1. The Balaban J connectivity index is 1.58. The van der Waals surface area contributed by atoms with E-state index in [-0.39, 0.29) is 5.91 Å². The number of benzene rings is 1. The molecule has 1 aromatic carbocycles. The highest BCUT2D eigenvalue weighted by molar-refractivity contribution is 5.94. The second-order valence-corrected chi connectivity index (χ2v) is 6.39. The molecule has 0 aliphatic carbocycles. The SMILES string of the molecule is Cc1n[nH]c(C)c1CCCN(C)C(=O)c1ccc(-c2ncccn2)cc1. The van der Waals surface area contributed by atoms with E-state index in [0.717, 1.165) is 29.8 Å². The van der Waals surface area contributed by atoms with E-state index in [2.05, 4.69) is 20.2 Å². The highest BCUT2D eigenvalue weighted by Gasteiger charge is 2.13. The van der Waals surface area contributed by atoms with E-state index in [1.165, 1.54) is 5.56 Å². The van der Waals surface area contributed by atoms with Crippen LogP contribution in [0.2, 0.25) is 0 Å². The summed E-state index contributed by atoms with van der Waals surface area (Å²) in [4.78, 5) is 22.8. The number of hydrogen-bond acceptors (Lipinski definition) is 4. The molecule has 0 fully saturated rings. The number of hydrogen-bond donors (Lipinski definition) is 1. The molecule has 0 atom stereocenters. The summed E-state index contributed by atoms with van der Waals surface area (Å²) in [6.07, 6.45) is 5.23. The second-order valence-electron chi connectivity index (χ2n) is 6.39. The van der Waals surface area contributed by atoms with Gasteiger partial charge >= 0.3 is 0 Å². The maximum absolute atomic E-state index is 12.6. The van der Waals surface area contributed by atoms with E-state index >= 15 is 0 Å². The van der Waals surface area contributed by atoms with Crippen LogP contribution < -0.4 is 0 Å². The molecule has 1 N–H and O–H groups in total. The first-order valence-electron chi connectivity index (χ1n) is 8.69. The van der Waals surface area contributed by atoms with Gasteiger partial charge in [0.05, 0.1) is 5.69 Å². The molecule has 0 spiro atoms. The van der Waals surface area contributed by atoms with Crippen LogP contribution in [0.25, 0.3) is 11.4 Å². The standard InChI is InChI=1S/C20H23N5O/c1-14-18(15(2)24-23-14)6-4-13-25(3)20(26)17-9-7-16(8-10-17)19-21-11-5-12-22-19/h5,7-12H,4,6,13H2,1-3H3,(H,23,24). The minimum Gasteiger partial charge on any atom is -0.342 e. The van der Waals surface area contributed by atoms with Crippen LogP contribution in [0.5, 0.6) is 0 Å². The maximum atomic E-state index is 12.6. The molecule has 0 saturated carbocycles. The summed E-state index contributed by atoms with van der Waals surface area (Å²) in [6.45, 7) is 4.74. The molecule has 0 saturated heterocycles. The highest BCUT2D eigenvalue weighted by atomic mass is 16.2. The van der Waals surface area contributed by atoms with Gasteiger partial charge in [-0.3, -0.25) is 9.89 Å². The predicted octanol–water partition coefficient (Wildman–Crippen LogP) is 3.19. The number of carbonyl (C=O) groups is 1. The van der Waals surface area contributed by atoms with Crippen LogP contribution in [-0.2, 0) is 6.42 Å². The quantitative estimate of drug-likeness (QED) is 0.741. The van der Waals surface area contributed by atoms with Crippen LogP contribution in [0.1, 0.15) is 33.7 Å². The lowest BCUT2D eigenvalue weighted by Gasteiger charge is -2.17. The summed E-state index contributed by atoms with van der Waals surface area (Å²) in [7, 11) is 1.84. The van der Waals surface area contributed by atoms with E-state index < -0.39 is 0 Å². The van der Waals surface area contributed by atoms with Crippen molar-refractivity contribution in [2.24, 2.45) is 0 Å².